The van der Waals surface area contributed by atoms with Gasteiger partial charge in [0.05, 0.1) is 0 Å². The number of aromatic nitrogens is 3. The van der Waals surface area contributed by atoms with E-state index in [9.17, 15) is 4.79 Å². The highest BCUT2D eigenvalue weighted by molar-refractivity contribution is 5.36. The van der Waals surface area contributed by atoms with Gasteiger partial charge in [0.15, 0.2) is 5.65 Å². The Bertz CT molecular complexity index is 455. The second kappa shape index (κ2) is 2.48. The first-order valence-electron chi connectivity index (χ1n) is 3.87. The highest BCUT2D eigenvalue weighted by Crippen LogP contribution is 2.00. The van der Waals surface area contributed by atoms with Gasteiger partial charge in [-0.05, 0) is 12.5 Å². The summed E-state index contributed by atoms with van der Waals surface area (Å²) < 4.78 is 1.71. The van der Waals surface area contributed by atoms with Crippen molar-refractivity contribution in [1.29, 1.82) is 0 Å². The number of H-pyrrole nitrogens is 1. The van der Waals surface area contributed by atoms with Gasteiger partial charge in [-0.3, -0.25) is 9.89 Å². The number of aromatic amines is 1. The molecule has 0 spiro atoms. The molecule has 0 unspecified atom stereocenters. The van der Waals surface area contributed by atoms with Crippen LogP contribution in [-0.4, -0.2) is 14.6 Å². The predicted molar refractivity (Wildman–Crippen MR) is 45.2 cm³/mol. The maximum atomic E-state index is 10.9. The summed E-state index contributed by atoms with van der Waals surface area (Å²) in [5.74, 6) is 0. The van der Waals surface area contributed by atoms with E-state index in [0.717, 1.165) is 12.1 Å². The third-order valence-corrected chi connectivity index (χ3v) is 1.83. The SMILES string of the molecule is CCc1ccnc2cc(=O)[nH]n12. The lowest BCUT2D eigenvalue weighted by Gasteiger charge is -1.99. The van der Waals surface area contributed by atoms with Crippen LogP contribution in [0, 0.1) is 0 Å². The van der Waals surface area contributed by atoms with Gasteiger partial charge in [0.25, 0.3) is 5.56 Å². The molecular weight excluding hydrogens is 154 g/mol. The molecule has 0 saturated carbocycles. The first-order valence-corrected chi connectivity index (χ1v) is 3.87. The van der Waals surface area contributed by atoms with Gasteiger partial charge in [-0.25, -0.2) is 9.50 Å². The maximum Gasteiger partial charge on any atom is 0.266 e. The Morgan fingerprint density at radius 1 is 1.67 bits per heavy atom. The molecule has 0 fully saturated rings. The van der Waals surface area contributed by atoms with E-state index in [1.165, 1.54) is 6.07 Å². The zero-order valence-corrected chi connectivity index (χ0v) is 6.74. The smallest absolute Gasteiger partial charge is 0.266 e. The van der Waals surface area contributed by atoms with Crippen molar-refractivity contribution < 1.29 is 0 Å². The van der Waals surface area contributed by atoms with Crippen LogP contribution in [0.1, 0.15) is 12.6 Å². The van der Waals surface area contributed by atoms with E-state index in [0.29, 0.717) is 5.65 Å². The van der Waals surface area contributed by atoms with Crippen molar-refractivity contribution in [3.05, 3.63) is 34.4 Å². The second-order valence-corrected chi connectivity index (χ2v) is 2.60. The number of aryl methyl sites for hydroxylation is 1. The summed E-state index contributed by atoms with van der Waals surface area (Å²) in [6, 6.07) is 3.38. The Morgan fingerprint density at radius 2 is 2.50 bits per heavy atom. The lowest BCUT2D eigenvalue weighted by Crippen LogP contribution is -2.02. The van der Waals surface area contributed by atoms with Crippen LogP contribution in [0.4, 0.5) is 0 Å². The van der Waals surface area contributed by atoms with Crippen molar-refractivity contribution in [1.82, 2.24) is 14.6 Å². The molecule has 0 amide bonds. The van der Waals surface area contributed by atoms with Crippen LogP contribution in [-0.2, 0) is 6.42 Å². The zero-order chi connectivity index (χ0) is 8.55. The molecule has 0 radical (unpaired) electrons. The largest absolute Gasteiger partial charge is 0.268 e. The number of hydrogen-bond donors (Lipinski definition) is 1. The van der Waals surface area contributed by atoms with Crippen molar-refractivity contribution in [2.24, 2.45) is 0 Å². The fourth-order valence-corrected chi connectivity index (χ4v) is 1.25. The summed E-state index contributed by atoms with van der Waals surface area (Å²) >= 11 is 0. The molecule has 2 rings (SSSR count). The Balaban J connectivity index is 2.87. The second-order valence-electron chi connectivity index (χ2n) is 2.60. The van der Waals surface area contributed by atoms with E-state index in [4.69, 9.17) is 0 Å². The van der Waals surface area contributed by atoms with Gasteiger partial charge < -0.3 is 0 Å². The Morgan fingerprint density at radius 3 is 3.25 bits per heavy atom. The van der Waals surface area contributed by atoms with Crippen molar-refractivity contribution in [3.63, 3.8) is 0 Å². The maximum absolute atomic E-state index is 10.9. The molecule has 0 aromatic carbocycles. The van der Waals surface area contributed by atoms with Crippen LogP contribution in [0.25, 0.3) is 5.65 Å². The molecule has 1 N–H and O–H groups in total. The Hall–Kier alpha value is -1.58. The molecule has 0 aliphatic heterocycles. The average molecular weight is 163 g/mol. The van der Waals surface area contributed by atoms with Crippen molar-refractivity contribution in [2.45, 2.75) is 13.3 Å². The van der Waals surface area contributed by atoms with Gasteiger partial charge >= 0.3 is 0 Å². The van der Waals surface area contributed by atoms with Crippen LogP contribution in [0.5, 0.6) is 0 Å². The monoisotopic (exact) mass is 163 g/mol. The molecule has 2 aromatic heterocycles. The van der Waals surface area contributed by atoms with Crippen LogP contribution in [0.15, 0.2) is 23.1 Å². The molecule has 0 saturated heterocycles. The summed E-state index contributed by atoms with van der Waals surface area (Å²) in [5, 5.41) is 2.68. The summed E-state index contributed by atoms with van der Waals surface area (Å²) in [6.45, 7) is 2.03. The number of nitrogens with one attached hydrogen (secondary N) is 1. The third kappa shape index (κ3) is 0.922. The number of rotatable bonds is 1. The molecule has 62 valence electrons. The summed E-state index contributed by atoms with van der Waals surface area (Å²) in [4.78, 5) is 15.0. The molecule has 0 bridgehead atoms. The highest BCUT2D eigenvalue weighted by atomic mass is 16.1. The van der Waals surface area contributed by atoms with Crippen molar-refractivity contribution in [2.75, 3.05) is 0 Å². The molecular formula is C8H9N3O. The van der Waals surface area contributed by atoms with Gasteiger partial charge in [0.1, 0.15) is 0 Å². The molecule has 12 heavy (non-hydrogen) atoms. The quantitative estimate of drug-likeness (QED) is 0.668. The predicted octanol–water partition coefficient (Wildman–Crippen LogP) is 0.585. The molecule has 4 nitrogen and oxygen atoms in total. The van der Waals surface area contributed by atoms with Gasteiger partial charge in [-0.15, -0.1) is 0 Å². The molecule has 0 aliphatic rings. The van der Waals surface area contributed by atoms with Gasteiger partial charge in [0, 0.05) is 18.0 Å². The Labute approximate surface area is 68.8 Å². The minimum absolute atomic E-state index is 0.108. The summed E-state index contributed by atoms with van der Waals surface area (Å²) in [5.41, 5.74) is 1.63. The number of fused-ring (bicyclic) bond motifs is 1. The summed E-state index contributed by atoms with van der Waals surface area (Å²) in [6.07, 6.45) is 2.59. The molecule has 2 heterocycles. The Kier molecular flexibility index (Phi) is 1.46. The fourth-order valence-electron chi connectivity index (χ4n) is 1.25. The topological polar surface area (TPSA) is 50.2 Å². The number of nitrogens with zero attached hydrogens (tertiary/aromatic N) is 2. The van der Waals surface area contributed by atoms with Gasteiger partial charge in [-0.2, -0.15) is 0 Å². The van der Waals surface area contributed by atoms with Crippen LogP contribution < -0.4 is 5.56 Å². The van der Waals surface area contributed by atoms with E-state index in [-0.39, 0.29) is 5.56 Å². The summed E-state index contributed by atoms with van der Waals surface area (Å²) in [7, 11) is 0. The van der Waals surface area contributed by atoms with Crippen molar-refractivity contribution in [3.8, 4) is 0 Å². The van der Waals surface area contributed by atoms with Crippen LogP contribution >= 0.6 is 0 Å². The lowest BCUT2D eigenvalue weighted by atomic mass is 10.3. The standard InChI is InChI=1S/C8H9N3O/c1-2-6-3-4-9-7-5-8(12)10-11(6)7/h3-5H,2H2,1H3,(H,10,12). The van der Waals surface area contributed by atoms with E-state index < -0.39 is 0 Å². The highest BCUT2D eigenvalue weighted by Gasteiger charge is 1.99. The van der Waals surface area contributed by atoms with Gasteiger partial charge in [0.2, 0.25) is 0 Å². The third-order valence-electron chi connectivity index (χ3n) is 1.83. The average Bonchev–Trinajstić information content (AvgIpc) is 2.44. The van der Waals surface area contributed by atoms with E-state index in [1.807, 2.05) is 13.0 Å². The lowest BCUT2D eigenvalue weighted by molar-refractivity contribution is 0.838. The number of hydrogen-bond acceptors (Lipinski definition) is 2. The first-order chi connectivity index (χ1) is 5.81. The van der Waals surface area contributed by atoms with E-state index in [2.05, 4.69) is 10.1 Å². The molecule has 0 atom stereocenters. The first kappa shape index (κ1) is 7.09. The van der Waals surface area contributed by atoms with Crippen LogP contribution in [0.2, 0.25) is 0 Å². The van der Waals surface area contributed by atoms with Crippen molar-refractivity contribution >= 4 is 5.65 Å². The minimum atomic E-state index is -0.108. The van der Waals surface area contributed by atoms with E-state index >= 15 is 0 Å². The molecule has 0 aliphatic carbocycles. The normalized spacial score (nSPS) is 10.8. The fraction of sp³-hybridized carbons (Fsp3) is 0.250. The van der Waals surface area contributed by atoms with E-state index in [1.54, 1.807) is 10.7 Å². The molecule has 4 heteroatoms. The molecule has 2 aromatic rings. The van der Waals surface area contributed by atoms with Crippen LogP contribution in [0.3, 0.4) is 0 Å². The van der Waals surface area contributed by atoms with Gasteiger partial charge in [-0.1, -0.05) is 6.92 Å². The zero-order valence-electron chi connectivity index (χ0n) is 6.74. The minimum Gasteiger partial charge on any atom is -0.268 e.